The molecule has 0 aliphatic heterocycles. The Kier molecular flexibility index (Phi) is 4.31. The van der Waals surface area contributed by atoms with Crippen LogP contribution in [0.5, 0.6) is 0 Å². The first-order valence-electron chi connectivity index (χ1n) is 7.53. The van der Waals surface area contributed by atoms with Crippen LogP contribution in [0.3, 0.4) is 0 Å². The van der Waals surface area contributed by atoms with E-state index in [1.54, 1.807) is 0 Å². The first-order chi connectivity index (χ1) is 8.47. The molecule has 18 heavy (non-hydrogen) atoms. The number of rotatable bonds is 2. The summed E-state index contributed by atoms with van der Waals surface area (Å²) in [5.41, 5.74) is 6.03. The Morgan fingerprint density at radius 2 is 1.83 bits per heavy atom. The molecule has 1 amide bonds. The third kappa shape index (κ3) is 3.05. The van der Waals surface area contributed by atoms with Crippen molar-refractivity contribution in [3.63, 3.8) is 0 Å². The van der Waals surface area contributed by atoms with Crippen LogP contribution in [0.4, 0.5) is 0 Å². The van der Waals surface area contributed by atoms with Gasteiger partial charge < -0.3 is 11.1 Å². The van der Waals surface area contributed by atoms with Crippen molar-refractivity contribution in [1.29, 1.82) is 0 Å². The molecule has 6 unspecified atom stereocenters. The van der Waals surface area contributed by atoms with Crippen molar-refractivity contribution in [2.24, 2.45) is 29.4 Å². The SMILES string of the molecule is CC1CC(N)CC(C(=O)NC2CCC(C)C2C)C1. The van der Waals surface area contributed by atoms with Gasteiger partial charge in [-0.25, -0.2) is 0 Å². The molecule has 0 aromatic heterocycles. The Balaban J connectivity index is 1.88. The first-order valence-corrected chi connectivity index (χ1v) is 7.53. The molecule has 2 fully saturated rings. The van der Waals surface area contributed by atoms with Crippen molar-refractivity contribution >= 4 is 5.91 Å². The number of carbonyl (C=O) groups excluding carboxylic acids is 1. The van der Waals surface area contributed by atoms with E-state index in [-0.39, 0.29) is 17.9 Å². The summed E-state index contributed by atoms with van der Waals surface area (Å²) in [7, 11) is 0. The van der Waals surface area contributed by atoms with E-state index < -0.39 is 0 Å². The van der Waals surface area contributed by atoms with E-state index in [1.165, 1.54) is 6.42 Å². The van der Waals surface area contributed by atoms with E-state index in [9.17, 15) is 4.79 Å². The smallest absolute Gasteiger partial charge is 0.223 e. The van der Waals surface area contributed by atoms with Crippen molar-refractivity contribution in [2.75, 3.05) is 0 Å². The van der Waals surface area contributed by atoms with Gasteiger partial charge in [0.1, 0.15) is 0 Å². The minimum absolute atomic E-state index is 0.145. The fraction of sp³-hybridized carbons (Fsp3) is 0.933. The quantitative estimate of drug-likeness (QED) is 0.792. The topological polar surface area (TPSA) is 55.1 Å². The highest BCUT2D eigenvalue weighted by atomic mass is 16.1. The van der Waals surface area contributed by atoms with E-state index in [1.807, 2.05) is 0 Å². The lowest BCUT2D eigenvalue weighted by atomic mass is 9.79. The maximum atomic E-state index is 12.3. The van der Waals surface area contributed by atoms with Gasteiger partial charge in [0.25, 0.3) is 0 Å². The van der Waals surface area contributed by atoms with Crippen LogP contribution in [0.15, 0.2) is 0 Å². The molecule has 0 radical (unpaired) electrons. The van der Waals surface area contributed by atoms with Crippen LogP contribution in [0, 0.1) is 23.7 Å². The molecular formula is C15H28N2O. The number of nitrogens with one attached hydrogen (secondary N) is 1. The lowest BCUT2D eigenvalue weighted by Crippen LogP contribution is -2.44. The highest BCUT2D eigenvalue weighted by Crippen LogP contribution is 2.33. The summed E-state index contributed by atoms with van der Waals surface area (Å²) in [6.07, 6.45) is 5.33. The minimum atomic E-state index is 0.145. The molecule has 0 heterocycles. The van der Waals surface area contributed by atoms with Gasteiger partial charge in [-0.05, 0) is 49.9 Å². The summed E-state index contributed by atoms with van der Waals surface area (Å²) in [4.78, 5) is 12.3. The van der Waals surface area contributed by atoms with Crippen molar-refractivity contribution in [1.82, 2.24) is 5.32 Å². The molecule has 3 heteroatoms. The molecule has 3 N–H and O–H groups in total. The molecule has 0 aromatic carbocycles. The van der Waals surface area contributed by atoms with E-state index in [4.69, 9.17) is 5.73 Å². The molecule has 6 atom stereocenters. The minimum Gasteiger partial charge on any atom is -0.353 e. The molecule has 2 aliphatic carbocycles. The fourth-order valence-corrected chi connectivity index (χ4v) is 3.74. The van der Waals surface area contributed by atoms with Gasteiger partial charge in [0.05, 0.1) is 0 Å². The second kappa shape index (κ2) is 5.60. The largest absolute Gasteiger partial charge is 0.353 e. The van der Waals surface area contributed by atoms with E-state index in [2.05, 4.69) is 26.1 Å². The predicted octanol–water partition coefficient (Wildman–Crippen LogP) is 2.30. The number of hydrogen-bond donors (Lipinski definition) is 2. The Bertz CT molecular complexity index is 295. The Morgan fingerprint density at radius 3 is 2.39 bits per heavy atom. The van der Waals surface area contributed by atoms with Crippen LogP contribution >= 0.6 is 0 Å². The maximum absolute atomic E-state index is 12.3. The van der Waals surface area contributed by atoms with Crippen LogP contribution < -0.4 is 11.1 Å². The van der Waals surface area contributed by atoms with E-state index in [0.29, 0.717) is 17.9 Å². The second-order valence-electron chi connectivity index (χ2n) is 6.80. The molecule has 0 spiro atoms. The van der Waals surface area contributed by atoms with Crippen LogP contribution in [0.2, 0.25) is 0 Å². The lowest BCUT2D eigenvalue weighted by Gasteiger charge is -2.31. The van der Waals surface area contributed by atoms with Gasteiger partial charge in [-0.2, -0.15) is 0 Å². The van der Waals surface area contributed by atoms with Crippen molar-refractivity contribution in [3.05, 3.63) is 0 Å². The number of amides is 1. The molecule has 0 aromatic rings. The Labute approximate surface area is 111 Å². The Hall–Kier alpha value is -0.570. The first kappa shape index (κ1) is 13.9. The highest BCUT2D eigenvalue weighted by molar-refractivity contribution is 5.79. The Morgan fingerprint density at radius 1 is 1.11 bits per heavy atom. The fourth-order valence-electron chi connectivity index (χ4n) is 3.74. The molecule has 2 aliphatic rings. The highest BCUT2D eigenvalue weighted by Gasteiger charge is 2.34. The van der Waals surface area contributed by atoms with Crippen molar-refractivity contribution in [3.8, 4) is 0 Å². The van der Waals surface area contributed by atoms with Gasteiger partial charge in [-0.15, -0.1) is 0 Å². The van der Waals surface area contributed by atoms with Crippen LogP contribution in [-0.4, -0.2) is 18.0 Å². The number of hydrogen-bond acceptors (Lipinski definition) is 2. The van der Waals surface area contributed by atoms with Gasteiger partial charge in [-0.1, -0.05) is 20.8 Å². The van der Waals surface area contributed by atoms with Gasteiger partial charge in [0, 0.05) is 18.0 Å². The van der Waals surface area contributed by atoms with Crippen LogP contribution in [0.25, 0.3) is 0 Å². The third-order valence-electron chi connectivity index (χ3n) is 5.14. The average molecular weight is 252 g/mol. The zero-order chi connectivity index (χ0) is 13.3. The van der Waals surface area contributed by atoms with Crippen LogP contribution in [0.1, 0.15) is 52.9 Å². The normalized spacial score (nSPS) is 44.9. The summed E-state index contributed by atoms with van der Waals surface area (Å²) < 4.78 is 0. The van der Waals surface area contributed by atoms with Gasteiger partial charge in [0.15, 0.2) is 0 Å². The molecule has 2 rings (SSSR count). The molecular weight excluding hydrogens is 224 g/mol. The number of carbonyl (C=O) groups is 1. The molecule has 0 bridgehead atoms. The molecule has 2 saturated carbocycles. The van der Waals surface area contributed by atoms with E-state index in [0.717, 1.165) is 31.6 Å². The third-order valence-corrected chi connectivity index (χ3v) is 5.14. The monoisotopic (exact) mass is 252 g/mol. The lowest BCUT2D eigenvalue weighted by molar-refractivity contribution is -0.127. The maximum Gasteiger partial charge on any atom is 0.223 e. The predicted molar refractivity (Wildman–Crippen MR) is 74.0 cm³/mol. The molecule has 3 nitrogen and oxygen atoms in total. The zero-order valence-electron chi connectivity index (χ0n) is 12.0. The van der Waals surface area contributed by atoms with Gasteiger partial charge >= 0.3 is 0 Å². The summed E-state index contributed by atoms with van der Waals surface area (Å²) in [6.45, 7) is 6.76. The summed E-state index contributed by atoms with van der Waals surface area (Å²) >= 11 is 0. The van der Waals surface area contributed by atoms with Crippen LogP contribution in [-0.2, 0) is 4.79 Å². The summed E-state index contributed by atoms with van der Waals surface area (Å²) in [5, 5.41) is 3.28. The standard InChI is InChI=1S/C15H28N2O/c1-9-6-12(8-13(16)7-9)15(18)17-14-5-4-10(2)11(14)3/h9-14H,4-8,16H2,1-3H3,(H,17,18). The van der Waals surface area contributed by atoms with Gasteiger partial charge in [-0.3, -0.25) is 4.79 Å². The van der Waals surface area contributed by atoms with Crippen molar-refractivity contribution in [2.45, 2.75) is 65.0 Å². The summed E-state index contributed by atoms with van der Waals surface area (Å²) in [6, 6.07) is 0.602. The second-order valence-corrected chi connectivity index (χ2v) is 6.80. The average Bonchev–Trinajstić information content (AvgIpc) is 2.59. The van der Waals surface area contributed by atoms with Gasteiger partial charge in [0.2, 0.25) is 5.91 Å². The summed E-state index contributed by atoms with van der Waals surface area (Å²) in [5.74, 6) is 2.34. The van der Waals surface area contributed by atoms with Crippen molar-refractivity contribution < 1.29 is 4.79 Å². The molecule has 104 valence electrons. The zero-order valence-corrected chi connectivity index (χ0v) is 12.0. The molecule has 0 saturated heterocycles. The van der Waals surface area contributed by atoms with E-state index >= 15 is 0 Å². The number of nitrogens with two attached hydrogens (primary N) is 1.